The predicted octanol–water partition coefficient (Wildman–Crippen LogP) is 4.18. The van der Waals surface area contributed by atoms with Gasteiger partial charge in [-0.2, -0.15) is 0 Å². The Kier molecular flexibility index (Phi) is 6.90. The van der Waals surface area contributed by atoms with Crippen molar-refractivity contribution >= 4 is 0 Å². The second kappa shape index (κ2) is 7.05. The average molecular weight is 198 g/mol. The highest BCUT2D eigenvalue weighted by Crippen LogP contribution is 2.24. The molecule has 0 aromatic carbocycles. The third kappa shape index (κ3) is 8.31. The number of hydrogen-bond acceptors (Lipinski definition) is 1. The molecule has 0 heterocycles. The van der Waals surface area contributed by atoms with E-state index >= 15 is 0 Å². The van der Waals surface area contributed by atoms with Crippen LogP contribution >= 0.6 is 0 Å². The molecule has 0 radical (unpaired) electrons. The Hall–Kier alpha value is -0.300. The summed E-state index contributed by atoms with van der Waals surface area (Å²) in [5.74, 6) is 0. The van der Waals surface area contributed by atoms with Gasteiger partial charge in [-0.1, -0.05) is 39.3 Å². The van der Waals surface area contributed by atoms with E-state index in [9.17, 15) is 0 Å². The summed E-state index contributed by atoms with van der Waals surface area (Å²) in [5.41, 5.74) is 0.454. The monoisotopic (exact) mass is 198 g/mol. The molecule has 0 fully saturated rings. The molecule has 84 valence electrons. The molecule has 0 spiro atoms. The Morgan fingerprint density at radius 1 is 1.21 bits per heavy atom. The van der Waals surface area contributed by atoms with Crippen LogP contribution in [0.15, 0.2) is 12.2 Å². The summed E-state index contributed by atoms with van der Waals surface area (Å²) >= 11 is 0. The molecule has 0 rings (SSSR count). The Morgan fingerprint density at radius 3 is 2.36 bits per heavy atom. The highest BCUT2D eigenvalue weighted by Gasteiger charge is 2.11. The zero-order chi connectivity index (χ0) is 11.0. The van der Waals surface area contributed by atoms with E-state index in [4.69, 9.17) is 4.74 Å². The Balaban J connectivity index is 3.45. The Labute approximate surface area is 89.5 Å². The molecule has 0 aliphatic rings. The molecule has 0 saturated heterocycles. The van der Waals surface area contributed by atoms with Crippen molar-refractivity contribution in [3.05, 3.63) is 12.2 Å². The second-order valence-electron chi connectivity index (χ2n) is 4.90. The minimum Gasteiger partial charge on any atom is -0.378 e. The van der Waals surface area contributed by atoms with Gasteiger partial charge < -0.3 is 4.74 Å². The maximum absolute atomic E-state index is 5.45. The van der Waals surface area contributed by atoms with Crippen molar-refractivity contribution in [3.63, 3.8) is 0 Å². The van der Waals surface area contributed by atoms with Crippen molar-refractivity contribution in [1.82, 2.24) is 0 Å². The van der Waals surface area contributed by atoms with Gasteiger partial charge in [0.2, 0.25) is 0 Å². The van der Waals surface area contributed by atoms with Crippen LogP contribution in [0.1, 0.15) is 53.9 Å². The van der Waals surface area contributed by atoms with Gasteiger partial charge in [-0.25, -0.2) is 0 Å². The molecule has 0 aromatic rings. The van der Waals surface area contributed by atoms with Crippen LogP contribution in [-0.4, -0.2) is 12.7 Å². The lowest BCUT2D eigenvalue weighted by Gasteiger charge is -2.19. The van der Waals surface area contributed by atoms with E-state index in [1.165, 1.54) is 12.8 Å². The van der Waals surface area contributed by atoms with Crippen LogP contribution in [0.5, 0.6) is 0 Å². The third-order valence-corrected chi connectivity index (χ3v) is 2.53. The summed E-state index contributed by atoms with van der Waals surface area (Å²) in [5, 5.41) is 0. The fourth-order valence-electron chi connectivity index (χ4n) is 1.04. The molecule has 1 nitrogen and oxygen atoms in total. The number of ether oxygens (including phenoxy) is 1. The summed E-state index contributed by atoms with van der Waals surface area (Å²) in [6, 6.07) is 0. The number of rotatable bonds is 7. The lowest BCUT2D eigenvalue weighted by molar-refractivity contribution is 0.0825. The first-order chi connectivity index (χ1) is 6.48. The van der Waals surface area contributed by atoms with Gasteiger partial charge in [-0.05, 0) is 32.1 Å². The normalized spacial score (nSPS) is 13.0. The molecule has 0 saturated carbocycles. The topological polar surface area (TPSA) is 9.23 Å². The van der Waals surface area contributed by atoms with E-state index in [-0.39, 0.29) is 0 Å². The minimum atomic E-state index is 0.357. The van der Waals surface area contributed by atoms with Crippen LogP contribution in [0.4, 0.5) is 0 Å². The van der Waals surface area contributed by atoms with Gasteiger partial charge in [-0.3, -0.25) is 0 Å². The molecule has 0 amide bonds. The number of hydrogen-bond donors (Lipinski definition) is 0. The molecule has 0 aromatic heterocycles. The molecule has 0 unspecified atom stereocenters. The first kappa shape index (κ1) is 13.7. The van der Waals surface area contributed by atoms with Gasteiger partial charge in [-0.15, -0.1) is 0 Å². The smallest absolute Gasteiger partial charge is 0.0519 e. The first-order valence-electron chi connectivity index (χ1n) is 5.74. The van der Waals surface area contributed by atoms with Crippen molar-refractivity contribution in [2.24, 2.45) is 5.41 Å². The molecule has 0 atom stereocenters. The SMILES string of the molecule is CCC(C)(C)C/C=C/CCOC(C)C. The quantitative estimate of drug-likeness (QED) is 0.440. The van der Waals surface area contributed by atoms with Gasteiger partial charge in [0.25, 0.3) is 0 Å². The van der Waals surface area contributed by atoms with Crippen LogP contribution in [0.25, 0.3) is 0 Å². The van der Waals surface area contributed by atoms with Crippen LogP contribution in [0.2, 0.25) is 0 Å². The van der Waals surface area contributed by atoms with Crippen LogP contribution in [0.3, 0.4) is 0 Å². The zero-order valence-corrected chi connectivity index (χ0v) is 10.5. The lowest BCUT2D eigenvalue weighted by Crippen LogP contribution is -2.07. The second-order valence-corrected chi connectivity index (χ2v) is 4.90. The van der Waals surface area contributed by atoms with Crippen LogP contribution in [0, 0.1) is 5.41 Å². The Morgan fingerprint density at radius 2 is 1.86 bits per heavy atom. The van der Waals surface area contributed by atoms with Gasteiger partial charge >= 0.3 is 0 Å². The standard InChI is InChI=1S/C13H26O/c1-6-13(4,5)10-8-7-9-11-14-12(2)3/h7-8,12H,6,9-11H2,1-5H3/b8-7+. The minimum absolute atomic E-state index is 0.357. The van der Waals surface area contributed by atoms with E-state index < -0.39 is 0 Å². The molecule has 0 aliphatic heterocycles. The summed E-state index contributed by atoms with van der Waals surface area (Å²) in [6.45, 7) is 11.9. The van der Waals surface area contributed by atoms with Crippen molar-refractivity contribution < 1.29 is 4.74 Å². The van der Waals surface area contributed by atoms with E-state index in [1.54, 1.807) is 0 Å². The van der Waals surface area contributed by atoms with E-state index in [1.807, 2.05) is 0 Å². The maximum Gasteiger partial charge on any atom is 0.0519 e. The van der Waals surface area contributed by atoms with Crippen molar-refractivity contribution in [2.45, 2.75) is 60.0 Å². The molecule has 0 bridgehead atoms. The first-order valence-corrected chi connectivity index (χ1v) is 5.74. The van der Waals surface area contributed by atoms with E-state index in [0.717, 1.165) is 13.0 Å². The van der Waals surface area contributed by atoms with Crippen molar-refractivity contribution in [1.29, 1.82) is 0 Å². The highest BCUT2D eigenvalue weighted by molar-refractivity contribution is 4.86. The van der Waals surface area contributed by atoms with Crippen molar-refractivity contribution in [2.75, 3.05) is 6.61 Å². The summed E-state index contributed by atoms with van der Waals surface area (Å²) in [7, 11) is 0. The third-order valence-electron chi connectivity index (χ3n) is 2.53. The molecule has 0 N–H and O–H groups in total. The fourth-order valence-corrected chi connectivity index (χ4v) is 1.04. The highest BCUT2D eigenvalue weighted by atomic mass is 16.5. The molecule has 0 aliphatic carbocycles. The molecular weight excluding hydrogens is 172 g/mol. The van der Waals surface area contributed by atoms with Gasteiger partial charge in [0.15, 0.2) is 0 Å². The Bertz CT molecular complexity index is 157. The summed E-state index contributed by atoms with van der Waals surface area (Å²) < 4.78 is 5.45. The fraction of sp³-hybridized carbons (Fsp3) is 0.846. The van der Waals surface area contributed by atoms with Crippen molar-refractivity contribution in [3.8, 4) is 0 Å². The number of allylic oxidation sites excluding steroid dienone is 1. The van der Waals surface area contributed by atoms with Gasteiger partial charge in [0.05, 0.1) is 12.7 Å². The average Bonchev–Trinajstić information content (AvgIpc) is 2.10. The lowest BCUT2D eigenvalue weighted by atomic mass is 9.86. The maximum atomic E-state index is 5.45. The predicted molar refractivity (Wildman–Crippen MR) is 63.5 cm³/mol. The largest absolute Gasteiger partial charge is 0.378 e. The summed E-state index contributed by atoms with van der Waals surface area (Å²) in [4.78, 5) is 0. The van der Waals surface area contributed by atoms with Gasteiger partial charge in [0.1, 0.15) is 0 Å². The van der Waals surface area contributed by atoms with E-state index in [2.05, 4.69) is 46.8 Å². The summed E-state index contributed by atoms with van der Waals surface area (Å²) in [6.07, 6.45) is 8.33. The zero-order valence-electron chi connectivity index (χ0n) is 10.5. The molecular formula is C13H26O. The van der Waals surface area contributed by atoms with Crippen LogP contribution in [-0.2, 0) is 4.74 Å². The van der Waals surface area contributed by atoms with Gasteiger partial charge in [0, 0.05) is 0 Å². The molecule has 14 heavy (non-hydrogen) atoms. The molecule has 1 heteroatoms. The van der Waals surface area contributed by atoms with Crippen LogP contribution < -0.4 is 0 Å². The van der Waals surface area contributed by atoms with E-state index in [0.29, 0.717) is 11.5 Å².